The number of nitrogens with one attached hydrogen (secondary N) is 1. The summed E-state index contributed by atoms with van der Waals surface area (Å²) in [5, 5.41) is 4.58. The fraction of sp³-hybridized carbons (Fsp3) is 0.600. The van der Waals surface area contributed by atoms with E-state index in [0.717, 1.165) is 31.9 Å². The number of nitrogens with two attached hydrogens (primary N) is 2. The van der Waals surface area contributed by atoms with Crippen molar-refractivity contribution >= 4 is 5.91 Å². The number of pyridine rings is 1. The van der Waals surface area contributed by atoms with Crippen LogP contribution in [0.25, 0.3) is 0 Å². The number of quaternary nitrogens is 2. The third-order valence-corrected chi connectivity index (χ3v) is 10.0. The maximum Gasteiger partial charge on any atom is 0.248 e. The van der Waals surface area contributed by atoms with Gasteiger partial charge in [0.05, 0.1) is 19.6 Å². The fourth-order valence-corrected chi connectivity index (χ4v) is 8.06. The molecule has 0 unspecified atom stereocenters. The number of hydrogen-bond donors (Lipinski definition) is 2. The van der Waals surface area contributed by atoms with Crippen LogP contribution in [-0.2, 0) is 16.8 Å². The van der Waals surface area contributed by atoms with Crippen LogP contribution in [0.2, 0.25) is 0 Å². The van der Waals surface area contributed by atoms with Crippen molar-refractivity contribution in [1.82, 2.24) is 4.90 Å². The zero-order valence-electron chi connectivity index (χ0n) is 23.3. The van der Waals surface area contributed by atoms with Gasteiger partial charge in [-0.15, -0.1) is 0 Å². The summed E-state index contributed by atoms with van der Waals surface area (Å²) in [6.45, 7) is 5.97. The number of benzene rings is 1. The van der Waals surface area contributed by atoms with Crippen LogP contribution in [-0.4, -0.2) is 49.0 Å². The lowest BCUT2D eigenvalue weighted by Crippen LogP contribution is -3.00. The Kier molecular flexibility index (Phi) is 11.1. The molecule has 6 rings (SSSR count). The molecule has 5 N–H and O–H groups in total. The van der Waals surface area contributed by atoms with Crippen molar-refractivity contribution in [1.29, 1.82) is 0 Å². The Morgan fingerprint density at radius 2 is 1.71 bits per heavy atom. The second-order valence-electron chi connectivity index (χ2n) is 12.2. The van der Waals surface area contributed by atoms with Gasteiger partial charge in [-0.1, -0.05) is 18.2 Å². The molecule has 1 aromatic heterocycles. The number of aryl methyl sites for hydroxylation is 1. The molecule has 4 atom stereocenters. The SMILES string of the molecule is Cc1ccc2c([nH+]1)C[NH2+]C[C@]21C[NH2+]C[C@H]1C(=O)N1CC[C@@H](c2ccccc2F)C[C@H]1C1CCC(F)(F)CC1.[Cl-].[Cl-].[Cl-]. The van der Waals surface area contributed by atoms with Crippen molar-refractivity contribution in [2.45, 2.75) is 75.3 Å². The summed E-state index contributed by atoms with van der Waals surface area (Å²) >= 11 is 0. The molecule has 3 aliphatic heterocycles. The summed E-state index contributed by atoms with van der Waals surface area (Å²) in [7, 11) is 0. The van der Waals surface area contributed by atoms with Crippen LogP contribution in [0.3, 0.4) is 0 Å². The van der Waals surface area contributed by atoms with Gasteiger partial charge < -0.3 is 52.8 Å². The van der Waals surface area contributed by atoms with Crippen molar-refractivity contribution in [2.75, 3.05) is 26.2 Å². The highest BCUT2D eigenvalue weighted by molar-refractivity contribution is 5.82. The lowest BCUT2D eigenvalue weighted by Gasteiger charge is -2.47. The van der Waals surface area contributed by atoms with Crippen LogP contribution in [0.15, 0.2) is 36.4 Å². The Morgan fingerprint density at radius 1 is 1.00 bits per heavy atom. The third-order valence-electron chi connectivity index (χ3n) is 10.0. The molecular formula is C30H40Cl3F3N4O. The van der Waals surface area contributed by atoms with Gasteiger partial charge >= 0.3 is 0 Å². The molecule has 3 fully saturated rings. The van der Waals surface area contributed by atoms with E-state index >= 15 is 0 Å². The molecule has 1 aliphatic carbocycles. The highest BCUT2D eigenvalue weighted by Crippen LogP contribution is 2.45. The zero-order valence-corrected chi connectivity index (χ0v) is 25.6. The van der Waals surface area contributed by atoms with E-state index in [1.54, 1.807) is 6.07 Å². The minimum absolute atomic E-state index is 0. The van der Waals surface area contributed by atoms with E-state index < -0.39 is 5.92 Å². The van der Waals surface area contributed by atoms with Crippen LogP contribution < -0.4 is 52.8 Å². The first-order valence-electron chi connectivity index (χ1n) is 14.4. The van der Waals surface area contributed by atoms with Crippen molar-refractivity contribution < 1.29 is 70.8 Å². The van der Waals surface area contributed by atoms with Crippen LogP contribution in [0, 0.1) is 24.6 Å². The average molecular weight is 636 g/mol. The largest absolute Gasteiger partial charge is 1.00 e. The Hall–Kier alpha value is -1.58. The van der Waals surface area contributed by atoms with Gasteiger partial charge in [-0.3, -0.25) is 4.79 Å². The molecule has 1 spiro atoms. The minimum Gasteiger partial charge on any atom is -1.00 e. The molecule has 11 heteroatoms. The van der Waals surface area contributed by atoms with E-state index in [2.05, 4.69) is 34.7 Å². The number of piperidine rings is 1. The Labute approximate surface area is 259 Å². The molecule has 2 aromatic rings. The number of carbonyl (C=O) groups excluding carboxylic acids is 1. The second-order valence-corrected chi connectivity index (χ2v) is 12.2. The van der Waals surface area contributed by atoms with Gasteiger partial charge in [0.2, 0.25) is 17.5 Å². The molecule has 2 saturated heterocycles. The number of carbonyl (C=O) groups is 1. The monoisotopic (exact) mass is 634 g/mol. The molecule has 4 heterocycles. The fourth-order valence-electron chi connectivity index (χ4n) is 8.06. The zero-order chi connectivity index (χ0) is 26.5. The molecular weight excluding hydrogens is 596 g/mol. The van der Waals surface area contributed by atoms with Crippen molar-refractivity contribution in [2.24, 2.45) is 11.8 Å². The normalized spacial score (nSPS) is 29.1. The van der Waals surface area contributed by atoms with Gasteiger partial charge in [-0.2, -0.15) is 0 Å². The highest BCUT2D eigenvalue weighted by atomic mass is 35.5. The summed E-state index contributed by atoms with van der Waals surface area (Å²) in [4.78, 5) is 20.1. The van der Waals surface area contributed by atoms with Crippen molar-refractivity contribution in [3.63, 3.8) is 0 Å². The van der Waals surface area contributed by atoms with E-state index in [1.807, 2.05) is 17.0 Å². The summed E-state index contributed by atoms with van der Waals surface area (Å²) in [5.41, 5.74) is 4.02. The molecule has 1 amide bonds. The molecule has 0 radical (unpaired) electrons. The van der Waals surface area contributed by atoms with Gasteiger partial charge in [0.1, 0.15) is 17.2 Å². The van der Waals surface area contributed by atoms with Gasteiger partial charge in [-0.25, -0.2) is 18.2 Å². The topological polar surface area (TPSA) is 67.7 Å². The van der Waals surface area contributed by atoms with Crippen LogP contribution in [0.1, 0.15) is 67.0 Å². The van der Waals surface area contributed by atoms with E-state index in [1.165, 1.54) is 17.3 Å². The maximum atomic E-state index is 14.8. The summed E-state index contributed by atoms with van der Waals surface area (Å²) in [6.07, 6.45) is 1.92. The Bertz CT molecular complexity index is 1210. The second kappa shape index (κ2) is 13.4. The Morgan fingerprint density at radius 3 is 2.44 bits per heavy atom. The minimum atomic E-state index is -2.62. The molecule has 228 valence electrons. The van der Waals surface area contributed by atoms with Crippen LogP contribution in [0.5, 0.6) is 0 Å². The molecule has 0 bridgehead atoms. The predicted molar refractivity (Wildman–Crippen MR) is 136 cm³/mol. The third kappa shape index (κ3) is 6.37. The number of aromatic nitrogens is 1. The highest BCUT2D eigenvalue weighted by Gasteiger charge is 2.58. The number of nitrogens with zero attached hydrogens (tertiary/aromatic N) is 1. The molecule has 4 aliphatic rings. The first-order valence-corrected chi connectivity index (χ1v) is 14.4. The number of rotatable bonds is 3. The predicted octanol–water partition coefficient (Wildman–Crippen LogP) is -6.93. The first-order chi connectivity index (χ1) is 18.3. The molecule has 1 saturated carbocycles. The number of likely N-dealkylation sites (tertiary alicyclic amines) is 1. The van der Waals surface area contributed by atoms with Gasteiger partial charge in [0, 0.05) is 44.0 Å². The maximum absolute atomic E-state index is 14.8. The smallest absolute Gasteiger partial charge is 0.248 e. The molecule has 1 aromatic carbocycles. The number of fused-ring (bicyclic) bond motifs is 2. The summed E-state index contributed by atoms with van der Waals surface area (Å²) in [5.74, 6) is -2.81. The van der Waals surface area contributed by atoms with Crippen molar-refractivity contribution in [3.8, 4) is 0 Å². The number of alkyl halides is 2. The van der Waals surface area contributed by atoms with E-state index in [4.69, 9.17) is 0 Å². The average Bonchev–Trinajstić information content (AvgIpc) is 3.32. The quantitative estimate of drug-likeness (QED) is 0.346. The molecule has 5 nitrogen and oxygen atoms in total. The number of H-pyrrole nitrogens is 1. The Balaban J connectivity index is 0.00000154. The lowest BCUT2D eigenvalue weighted by molar-refractivity contribution is -0.701. The standard InChI is InChI=1S/C30H37F3N4O.3ClH/c1-19-6-7-23-26(36-19)16-35-18-29(23)17-34-15-24(29)28(38)37-13-10-21(22-4-2-3-5-25(22)31)14-27(37)20-8-11-30(32,33)12-9-20;;;/h2-7,20-21,24,27,34-35H,8-18H2,1H3;3*1H/t21-,24+,27+,29-;;;/m1.../s1. The van der Waals surface area contributed by atoms with Crippen LogP contribution in [0.4, 0.5) is 13.2 Å². The van der Waals surface area contributed by atoms with Gasteiger partial charge in [-0.05, 0) is 55.2 Å². The van der Waals surface area contributed by atoms with E-state index in [-0.39, 0.29) is 91.0 Å². The number of halogens is 6. The number of hydrogen-bond acceptors (Lipinski definition) is 1. The van der Waals surface area contributed by atoms with E-state index in [9.17, 15) is 18.0 Å². The first kappa shape index (κ1) is 33.9. The van der Waals surface area contributed by atoms with Crippen molar-refractivity contribution in [3.05, 3.63) is 64.7 Å². The van der Waals surface area contributed by atoms with E-state index in [0.29, 0.717) is 37.8 Å². The number of amides is 1. The summed E-state index contributed by atoms with van der Waals surface area (Å²) < 4.78 is 43.0. The van der Waals surface area contributed by atoms with Crippen LogP contribution >= 0.6 is 0 Å². The van der Waals surface area contributed by atoms with Gasteiger partial charge in [0.25, 0.3) is 0 Å². The lowest BCUT2D eigenvalue weighted by atomic mass is 9.68. The molecule has 41 heavy (non-hydrogen) atoms. The number of aromatic amines is 1. The summed E-state index contributed by atoms with van der Waals surface area (Å²) in [6, 6.07) is 11.1. The van der Waals surface area contributed by atoms with Gasteiger partial charge in [0.15, 0.2) is 12.2 Å².